The Bertz CT molecular complexity index is 983. The number of ether oxygens (including phenoxy) is 1. The zero-order chi connectivity index (χ0) is 14.9. The molecule has 4 aromatic rings. The predicted molar refractivity (Wildman–Crippen MR) is 85.0 cm³/mol. The Morgan fingerprint density at radius 1 is 0.955 bits per heavy atom. The van der Waals surface area contributed by atoms with Crippen LogP contribution in [-0.2, 0) is 0 Å². The summed E-state index contributed by atoms with van der Waals surface area (Å²) < 4.78 is 5.59. The van der Waals surface area contributed by atoms with Gasteiger partial charge in [0.2, 0.25) is 0 Å². The number of fused-ring (bicyclic) bond motifs is 2. The highest BCUT2D eigenvalue weighted by atomic mass is 16.5. The average molecular weight is 288 g/mol. The fourth-order valence-corrected chi connectivity index (χ4v) is 2.56. The second kappa shape index (κ2) is 5.00. The summed E-state index contributed by atoms with van der Waals surface area (Å²) >= 11 is 0. The highest BCUT2D eigenvalue weighted by molar-refractivity contribution is 6.04. The van der Waals surface area contributed by atoms with Gasteiger partial charge in [-0.1, -0.05) is 36.4 Å². The lowest BCUT2D eigenvalue weighted by Gasteiger charge is -2.07. The summed E-state index contributed by atoms with van der Waals surface area (Å²) in [6.45, 7) is 0. The summed E-state index contributed by atoms with van der Waals surface area (Å²) in [6.07, 6.45) is 3.31. The van der Waals surface area contributed by atoms with Crippen LogP contribution in [-0.4, -0.2) is 15.9 Å². The number of nitrogens with one attached hydrogen (secondary N) is 1. The molecule has 22 heavy (non-hydrogen) atoms. The van der Waals surface area contributed by atoms with Crippen molar-refractivity contribution in [3.05, 3.63) is 72.6 Å². The number of aromatic amines is 1. The van der Waals surface area contributed by atoms with Crippen molar-refractivity contribution in [2.24, 2.45) is 0 Å². The topological polar surface area (TPSA) is 55.0 Å². The number of esters is 1. The van der Waals surface area contributed by atoms with E-state index in [2.05, 4.69) is 9.97 Å². The summed E-state index contributed by atoms with van der Waals surface area (Å²) in [5, 5.41) is 2.71. The number of carbonyl (C=O) groups excluding carboxylic acids is 1. The zero-order valence-corrected chi connectivity index (χ0v) is 11.6. The third-order valence-electron chi connectivity index (χ3n) is 3.62. The van der Waals surface area contributed by atoms with Gasteiger partial charge in [-0.15, -0.1) is 0 Å². The fourth-order valence-electron chi connectivity index (χ4n) is 2.56. The lowest BCUT2D eigenvalue weighted by atomic mass is 10.1. The van der Waals surface area contributed by atoms with Gasteiger partial charge in [-0.2, -0.15) is 0 Å². The van der Waals surface area contributed by atoms with Crippen molar-refractivity contribution < 1.29 is 9.53 Å². The lowest BCUT2D eigenvalue weighted by Crippen LogP contribution is -2.08. The molecule has 0 aliphatic rings. The third-order valence-corrected chi connectivity index (χ3v) is 3.62. The first-order valence-corrected chi connectivity index (χ1v) is 6.95. The van der Waals surface area contributed by atoms with Gasteiger partial charge in [-0.3, -0.25) is 0 Å². The van der Waals surface area contributed by atoms with Crippen molar-refractivity contribution >= 4 is 27.8 Å². The molecule has 4 nitrogen and oxygen atoms in total. The minimum Gasteiger partial charge on any atom is -0.422 e. The number of rotatable bonds is 2. The molecular weight excluding hydrogens is 276 g/mol. The largest absolute Gasteiger partial charge is 0.422 e. The fraction of sp³-hybridized carbons (Fsp3) is 0. The number of H-pyrrole nitrogens is 1. The van der Waals surface area contributed by atoms with Gasteiger partial charge in [0, 0.05) is 23.2 Å². The monoisotopic (exact) mass is 288 g/mol. The van der Waals surface area contributed by atoms with Crippen LogP contribution in [0.4, 0.5) is 0 Å². The molecule has 0 saturated heterocycles. The van der Waals surface area contributed by atoms with Crippen molar-refractivity contribution in [1.82, 2.24) is 9.97 Å². The van der Waals surface area contributed by atoms with Gasteiger partial charge in [0.25, 0.3) is 0 Å². The summed E-state index contributed by atoms with van der Waals surface area (Å²) in [4.78, 5) is 19.6. The molecule has 0 unspecified atom stereocenters. The molecule has 2 heterocycles. The van der Waals surface area contributed by atoms with E-state index in [4.69, 9.17) is 4.74 Å². The third kappa shape index (κ3) is 2.02. The Morgan fingerprint density at radius 3 is 2.73 bits per heavy atom. The number of pyridine rings is 1. The SMILES string of the molecule is O=C(Oc1cccc2ccccc12)c1c[nH]c2ncccc12. The van der Waals surface area contributed by atoms with E-state index in [0.29, 0.717) is 17.0 Å². The van der Waals surface area contributed by atoms with Gasteiger partial charge < -0.3 is 9.72 Å². The minimum atomic E-state index is -0.393. The maximum Gasteiger partial charge on any atom is 0.345 e. The van der Waals surface area contributed by atoms with Crippen molar-refractivity contribution in [2.75, 3.05) is 0 Å². The average Bonchev–Trinajstić information content (AvgIpc) is 2.99. The second-order valence-corrected chi connectivity index (χ2v) is 4.97. The lowest BCUT2D eigenvalue weighted by molar-refractivity contribution is 0.0739. The number of nitrogens with zero attached hydrogens (tertiary/aromatic N) is 1. The summed E-state index contributed by atoms with van der Waals surface area (Å²) in [5.41, 5.74) is 1.16. The first kappa shape index (κ1) is 12.6. The maximum atomic E-state index is 12.5. The van der Waals surface area contributed by atoms with Crippen LogP contribution in [0.1, 0.15) is 10.4 Å². The normalized spacial score (nSPS) is 10.9. The van der Waals surface area contributed by atoms with Gasteiger partial charge in [0.15, 0.2) is 0 Å². The Balaban J connectivity index is 1.75. The van der Waals surface area contributed by atoms with Gasteiger partial charge in [0.1, 0.15) is 11.4 Å². The van der Waals surface area contributed by atoms with Gasteiger partial charge in [0.05, 0.1) is 5.56 Å². The second-order valence-electron chi connectivity index (χ2n) is 4.97. The van der Waals surface area contributed by atoms with E-state index in [1.54, 1.807) is 24.5 Å². The first-order valence-electron chi connectivity index (χ1n) is 6.95. The summed E-state index contributed by atoms with van der Waals surface area (Å²) in [5.74, 6) is 0.164. The van der Waals surface area contributed by atoms with Crippen LogP contribution >= 0.6 is 0 Å². The van der Waals surface area contributed by atoms with E-state index < -0.39 is 5.97 Å². The van der Waals surface area contributed by atoms with Crippen LogP contribution in [0.5, 0.6) is 5.75 Å². The molecule has 4 heteroatoms. The molecule has 0 aliphatic heterocycles. The molecule has 2 aromatic carbocycles. The van der Waals surface area contributed by atoms with Crippen molar-refractivity contribution in [2.45, 2.75) is 0 Å². The smallest absolute Gasteiger partial charge is 0.345 e. The summed E-state index contributed by atoms with van der Waals surface area (Å²) in [7, 11) is 0. The highest BCUT2D eigenvalue weighted by Gasteiger charge is 2.15. The highest BCUT2D eigenvalue weighted by Crippen LogP contribution is 2.26. The van der Waals surface area contributed by atoms with E-state index in [9.17, 15) is 4.79 Å². The van der Waals surface area contributed by atoms with E-state index in [1.807, 2.05) is 42.5 Å². The number of carbonyl (C=O) groups is 1. The number of hydrogen-bond donors (Lipinski definition) is 1. The molecular formula is C18H12N2O2. The molecule has 0 radical (unpaired) electrons. The van der Waals surface area contributed by atoms with Crippen molar-refractivity contribution in [1.29, 1.82) is 0 Å². The number of aromatic nitrogens is 2. The summed E-state index contributed by atoms with van der Waals surface area (Å²) in [6, 6.07) is 17.1. The standard InChI is InChI=1S/C18H12N2O2/c21-18(15-11-20-17-14(15)8-4-10-19-17)22-16-9-3-6-12-5-1-2-7-13(12)16/h1-11H,(H,19,20). The molecule has 1 N–H and O–H groups in total. The van der Waals surface area contributed by atoms with Crippen molar-refractivity contribution in [3.8, 4) is 5.75 Å². The molecule has 0 amide bonds. The number of hydrogen-bond acceptors (Lipinski definition) is 3. The molecule has 0 spiro atoms. The van der Waals surface area contributed by atoms with Gasteiger partial charge >= 0.3 is 5.97 Å². The molecule has 0 fully saturated rings. The van der Waals surface area contributed by atoms with Crippen molar-refractivity contribution in [3.63, 3.8) is 0 Å². The molecule has 2 aromatic heterocycles. The van der Waals surface area contributed by atoms with E-state index in [1.165, 1.54) is 0 Å². The van der Waals surface area contributed by atoms with E-state index in [0.717, 1.165) is 16.2 Å². The molecule has 0 bridgehead atoms. The Hall–Kier alpha value is -3.14. The van der Waals surface area contributed by atoms with Crippen LogP contribution in [0.25, 0.3) is 21.8 Å². The number of benzene rings is 2. The van der Waals surface area contributed by atoms with E-state index >= 15 is 0 Å². The van der Waals surface area contributed by atoms with Gasteiger partial charge in [-0.25, -0.2) is 9.78 Å². The van der Waals surface area contributed by atoms with E-state index in [-0.39, 0.29) is 0 Å². The predicted octanol–water partition coefficient (Wildman–Crippen LogP) is 3.94. The van der Waals surface area contributed by atoms with Gasteiger partial charge in [-0.05, 0) is 23.6 Å². The molecule has 106 valence electrons. The maximum absolute atomic E-state index is 12.5. The first-order chi connectivity index (χ1) is 10.8. The van der Waals surface area contributed by atoms with Crippen LogP contribution in [0.3, 0.4) is 0 Å². The Kier molecular flexibility index (Phi) is 2.86. The van der Waals surface area contributed by atoms with Crippen LogP contribution in [0.15, 0.2) is 67.0 Å². The Labute approximate surface area is 126 Å². The Morgan fingerprint density at radius 2 is 1.77 bits per heavy atom. The molecule has 0 aliphatic carbocycles. The zero-order valence-electron chi connectivity index (χ0n) is 11.6. The molecule has 0 saturated carbocycles. The van der Waals surface area contributed by atoms with Crippen LogP contribution in [0, 0.1) is 0 Å². The molecule has 0 atom stereocenters. The van der Waals surface area contributed by atoms with Crippen LogP contribution in [0.2, 0.25) is 0 Å². The van der Waals surface area contributed by atoms with Crippen LogP contribution < -0.4 is 4.74 Å². The quantitative estimate of drug-likeness (QED) is 0.449. The minimum absolute atomic E-state index is 0.393. The molecule has 4 rings (SSSR count).